The second-order valence-electron chi connectivity index (χ2n) is 8.78. The van der Waals surface area contributed by atoms with E-state index in [1.54, 1.807) is 49.7 Å². The van der Waals surface area contributed by atoms with Gasteiger partial charge in [-0.15, -0.1) is 11.3 Å². The number of hydrogen-bond donors (Lipinski definition) is 3. The number of nitrogens with two attached hydrogens (primary N) is 1. The van der Waals surface area contributed by atoms with Gasteiger partial charge in [-0.2, -0.15) is 0 Å². The van der Waals surface area contributed by atoms with E-state index in [9.17, 15) is 9.18 Å². The molecule has 2 amide bonds. The number of nitrogens with zero attached hydrogens (tertiary/aromatic N) is 3. The number of aromatic nitrogens is 3. The van der Waals surface area contributed by atoms with Crippen LogP contribution in [0.15, 0.2) is 54.7 Å². The maximum absolute atomic E-state index is 14.7. The summed E-state index contributed by atoms with van der Waals surface area (Å²) in [6.45, 7) is 6.15. The fraction of sp³-hybridized carbons (Fsp3) is 0.200. The fourth-order valence-electron chi connectivity index (χ4n) is 3.28. The van der Waals surface area contributed by atoms with Crippen molar-refractivity contribution in [2.24, 2.45) is 0 Å². The molecule has 0 bridgehead atoms. The summed E-state index contributed by atoms with van der Waals surface area (Å²) in [5, 5.41) is 6.27. The number of benzene rings is 2. The first kappa shape index (κ1) is 24.1. The molecule has 4 rings (SSSR count). The van der Waals surface area contributed by atoms with Crippen molar-refractivity contribution in [3.8, 4) is 27.6 Å². The molecule has 0 unspecified atom stereocenters. The maximum atomic E-state index is 14.7. The number of nitrogens with one attached hydrogen (secondary N) is 2. The first-order valence-electron chi connectivity index (χ1n) is 10.8. The molecular weight excluding hydrogens is 467 g/mol. The zero-order valence-corrected chi connectivity index (χ0v) is 20.5. The predicted octanol–water partition coefficient (Wildman–Crippen LogP) is 5.94. The van der Waals surface area contributed by atoms with Gasteiger partial charge in [0.05, 0.1) is 22.7 Å². The van der Waals surface area contributed by atoms with Crippen molar-refractivity contribution >= 4 is 34.7 Å². The molecule has 0 saturated carbocycles. The molecule has 4 N–H and O–H groups in total. The number of anilines is 3. The van der Waals surface area contributed by atoms with Gasteiger partial charge in [-0.3, -0.25) is 0 Å². The molecule has 4 aromatic rings. The summed E-state index contributed by atoms with van der Waals surface area (Å²) in [5.74, 6) is 0.294. The van der Waals surface area contributed by atoms with Crippen LogP contribution in [-0.2, 0) is 5.41 Å². The zero-order valence-electron chi connectivity index (χ0n) is 19.7. The Labute approximate surface area is 206 Å². The van der Waals surface area contributed by atoms with E-state index in [0.717, 1.165) is 5.01 Å². The van der Waals surface area contributed by atoms with Gasteiger partial charge in [0.15, 0.2) is 0 Å². The van der Waals surface area contributed by atoms with Crippen molar-refractivity contribution in [1.29, 1.82) is 0 Å². The number of carbonyl (C=O) groups is 1. The lowest BCUT2D eigenvalue weighted by Gasteiger charge is -2.13. The van der Waals surface area contributed by atoms with E-state index in [-0.39, 0.29) is 11.4 Å². The molecule has 0 atom stereocenters. The van der Waals surface area contributed by atoms with Crippen molar-refractivity contribution in [1.82, 2.24) is 15.0 Å². The summed E-state index contributed by atoms with van der Waals surface area (Å²) in [5.41, 5.74) is 8.10. The van der Waals surface area contributed by atoms with E-state index in [4.69, 9.17) is 15.5 Å². The number of carbonyl (C=O) groups excluding carboxylic acids is 1. The molecule has 2 aromatic heterocycles. The van der Waals surface area contributed by atoms with E-state index in [1.165, 1.54) is 23.5 Å². The standard InChI is InChI=1S/C25H25FN6O2S/c1-25(2,3)22-32-20(19-9-10-28-23(27)31-19)21(35-22)14-11-15(26)13-17(12-14)30-24(33)29-16-5-7-18(34-4)8-6-16/h5-13H,1-4H3,(H2,27,28,31)(H2,29,30,33). The second kappa shape index (κ2) is 9.67. The van der Waals surface area contributed by atoms with Gasteiger partial charge in [-0.25, -0.2) is 24.1 Å². The van der Waals surface area contributed by atoms with Gasteiger partial charge >= 0.3 is 6.03 Å². The van der Waals surface area contributed by atoms with E-state index in [0.29, 0.717) is 39.0 Å². The van der Waals surface area contributed by atoms with Crippen LogP contribution in [0.4, 0.5) is 26.5 Å². The Morgan fingerprint density at radius 2 is 1.74 bits per heavy atom. The minimum absolute atomic E-state index is 0.121. The van der Waals surface area contributed by atoms with Crippen LogP contribution in [0.2, 0.25) is 0 Å². The Balaban J connectivity index is 1.67. The smallest absolute Gasteiger partial charge is 0.323 e. The minimum atomic E-state index is -0.504. The third-order valence-corrected chi connectivity index (χ3v) is 6.48. The van der Waals surface area contributed by atoms with Crippen molar-refractivity contribution in [2.75, 3.05) is 23.5 Å². The lowest BCUT2D eigenvalue weighted by molar-refractivity contribution is 0.262. The average molecular weight is 493 g/mol. The molecule has 0 aliphatic heterocycles. The Morgan fingerprint density at radius 1 is 1.03 bits per heavy atom. The van der Waals surface area contributed by atoms with Crippen LogP contribution in [0.5, 0.6) is 5.75 Å². The molecular formula is C25H25FN6O2S. The quantitative estimate of drug-likeness (QED) is 0.318. The molecule has 0 spiro atoms. The molecule has 0 fully saturated rings. The lowest BCUT2D eigenvalue weighted by atomic mass is 9.98. The van der Waals surface area contributed by atoms with Gasteiger partial charge in [-0.05, 0) is 54.1 Å². The zero-order chi connectivity index (χ0) is 25.2. The van der Waals surface area contributed by atoms with Gasteiger partial charge in [0.25, 0.3) is 0 Å². The Bertz CT molecular complexity index is 1370. The average Bonchev–Trinajstić information content (AvgIpc) is 3.25. The Kier molecular flexibility index (Phi) is 6.65. The lowest BCUT2D eigenvalue weighted by Crippen LogP contribution is -2.19. The maximum Gasteiger partial charge on any atom is 0.323 e. The summed E-state index contributed by atoms with van der Waals surface area (Å²) in [6, 6.07) is 12.4. The molecule has 0 aliphatic rings. The number of urea groups is 1. The van der Waals surface area contributed by atoms with Crippen molar-refractivity contribution < 1.29 is 13.9 Å². The van der Waals surface area contributed by atoms with Crippen LogP contribution in [-0.4, -0.2) is 28.1 Å². The summed E-state index contributed by atoms with van der Waals surface area (Å²) in [7, 11) is 1.56. The topological polar surface area (TPSA) is 115 Å². The van der Waals surface area contributed by atoms with Crippen LogP contribution in [0.3, 0.4) is 0 Å². The van der Waals surface area contributed by atoms with Gasteiger partial charge < -0.3 is 21.1 Å². The Morgan fingerprint density at radius 3 is 2.40 bits per heavy atom. The highest BCUT2D eigenvalue weighted by Crippen LogP contribution is 2.41. The van der Waals surface area contributed by atoms with Gasteiger partial charge in [0, 0.05) is 23.0 Å². The van der Waals surface area contributed by atoms with Crippen molar-refractivity contribution in [3.05, 3.63) is 65.6 Å². The van der Waals surface area contributed by atoms with E-state index < -0.39 is 11.8 Å². The third-order valence-electron chi connectivity index (χ3n) is 4.95. The first-order chi connectivity index (χ1) is 16.6. The largest absolute Gasteiger partial charge is 0.497 e. The number of thiazole rings is 1. The highest BCUT2D eigenvalue weighted by Gasteiger charge is 2.24. The first-order valence-corrected chi connectivity index (χ1v) is 11.6. The molecule has 35 heavy (non-hydrogen) atoms. The number of rotatable bonds is 5. The SMILES string of the molecule is COc1ccc(NC(=O)Nc2cc(F)cc(-c3sc(C(C)(C)C)nc3-c3ccnc(N)n3)c2)cc1. The van der Waals surface area contributed by atoms with E-state index in [2.05, 4.69) is 41.4 Å². The highest BCUT2D eigenvalue weighted by molar-refractivity contribution is 7.15. The minimum Gasteiger partial charge on any atom is -0.497 e. The molecule has 2 heterocycles. The van der Waals surface area contributed by atoms with Crippen molar-refractivity contribution in [2.45, 2.75) is 26.2 Å². The van der Waals surface area contributed by atoms with E-state index in [1.807, 2.05) is 0 Å². The molecule has 0 saturated heterocycles. The van der Waals surface area contributed by atoms with Crippen LogP contribution >= 0.6 is 11.3 Å². The second-order valence-corrected chi connectivity index (χ2v) is 9.78. The third kappa shape index (κ3) is 5.72. The predicted molar refractivity (Wildman–Crippen MR) is 137 cm³/mol. The normalized spacial score (nSPS) is 11.2. The monoisotopic (exact) mass is 492 g/mol. The van der Waals surface area contributed by atoms with Crippen LogP contribution in [0.25, 0.3) is 21.8 Å². The molecule has 2 aromatic carbocycles. The van der Waals surface area contributed by atoms with Gasteiger partial charge in [-0.1, -0.05) is 20.8 Å². The number of nitrogen functional groups attached to an aromatic ring is 1. The van der Waals surface area contributed by atoms with E-state index >= 15 is 0 Å². The van der Waals surface area contributed by atoms with Crippen LogP contribution in [0.1, 0.15) is 25.8 Å². The summed E-state index contributed by atoms with van der Waals surface area (Å²) < 4.78 is 19.8. The fourth-order valence-corrected chi connectivity index (χ4v) is 4.40. The summed E-state index contributed by atoms with van der Waals surface area (Å²) >= 11 is 1.44. The number of amides is 2. The van der Waals surface area contributed by atoms with Crippen molar-refractivity contribution in [3.63, 3.8) is 0 Å². The number of methoxy groups -OCH3 is 1. The van der Waals surface area contributed by atoms with Crippen LogP contribution in [0, 0.1) is 5.82 Å². The highest BCUT2D eigenvalue weighted by atomic mass is 32.1. The van der Waals surface area contributed by atoms with Gasteiger partial charge in [0.1, 0.15) is 17.3 Å². The molecule has 0 radical (unpaired) electrons. The molecule has 10 heteroatoms. The van der Waals surface area contributed by atoms with Gasteiger partial charge in [0.2, 0.25) is 5.95 Å². The summed E-state index contributed by atoms with van der Waals surface area (Å²) in [4.78, 5) is 26.3. The molecule has 180 valence electrons. The number of halogens is 1. The molecule has 0 aliphatic carbocycles. The number of hydrogen-bond acceptors (Lipinski definition) is 7. The Hall–Kier alpha value is -4.05. The van der Waals surface area contributed by atoms with Crippen LogP contribution < -0.4 is 21.1 Å². The summed E-state index contributed by atoms with van der Waals surface area (Å²) in [6.07, 6.45) is 1.56. The molecule has 8 nitrogen and oxygen atoms in total. The number of ether oxygens (including phenoxy) is 1.